The summed E-state index contributed by atoms with van der Waals surface area (Å²) < 4.78 is 45.2. The van der Waals surface area contributed by atoms with Crippen molar-refractivity contribution in [1.82, 2.24) is 25.1 Å². The molecule has 0 unspecified atom stereocenters. The fourth-order valence-electron chi connectivity index (χ4n) is 5.16. The predicted molar refractivity (Wildman–Crippen MR) is 209 cm³/mol. The average molecular weight is 785 g/mol. The highest BCUT2D eigenvalue weighted by molar-refractivity contribution is 5.98. The lowest BCUT2D eigenvalue weighted by atomic mass is 10.1. The molecule has 0 fully saturated rings. The maximum absolute atomic E-state index is 12.3. The van der Waals surface area contributed by atoms with Crippen molar-refractivity contribution in [1.29, 1.82) is 0 Å². The second-order valence-electron chi connectivity index (χ2n) is 12.3. The molecule has 2 aromatic heterocycles. The van der Waals surface area contributed by atoms with E-state index < -0.39 is 0 Å². The minimum atomic E-state index is -0.104. The van der Waals surface area contributed by atoms with E-state index in [4.69, 9.17) is 60.2 Å². The van der Waals surface area contributed by atoms with Crippen molar-refractivity contribution in [3.63, 3.8) is 0 Å². The highest BCUT2D eigenvalue weighted by atomic mass is 16.6. The van der Waals surface area contributed by atoms with Crippen molar-refractivity contribution in [3.05, 3.63) is 59.9 Å². The molecule has 4 aromatic rings. The van der Waals surface area contributed by atoms with E-state index in [1.54, 1.807) is 16.8 Å². The number of rotatable bonds is 31. The molecular weight excluding hydrogens is 728 g/mol. The molecule has 0 atom stereocenters. The summed E-state index contributed by atoms with van der Waals surface area (Å²) in [6, 6.07) is 12.7. The molecule has 0 aliphatic carbocycles. The van der Waals surface area contributed by atoms with E-state index in [1.165, 1.54) is 12.4 Å². The molecular formula is C38H56N8O10. The third kappa shape index (κ3) is 16.3. The van der Waals surface area contributed by atoms with Crippen LogP contribution in [0.2, 0.25) is 0 Å². The lowest BCUT2D eigenvalue weighted by Gasteiger charge is -2.09. The number of hydrogen-bond acceptors (Lipinski definition) is 16. The molecule has 2 aromatic carbocycles. The van der Waals surface area contributed by atoms with Gasteiger partial charge in [-0.1, -0.05) is 24.3 Å². The van der Waals surface area contributed by atoms with Crippen LogP contribution in [0.3, 0.4) is 0 Å². The molecule has 1 amide bonds. The van der Waals surface area contributed by atoms with Gasteiger partial charge in [-0.3, -0.25) is 4.79 Å². The number of carbonyl (C=O) groups excluding carboxylic acids is 1. The Kier molecular flexibility index (Phi) is 20.8. The number of carbonyl (C=O) groups is 1. The van der Waals surface area contributed by atoms with E-state index in [1.807, 2.05) is 24.3 Å². The molecule has 56 heavy (non-hydrogen) atoms. The van der Waals surface area contributed by atoms with Gasteiger partial charge < -0.3 is 65.5 Å². The maximum atomic E-state index is 12.3. The molecule has 0 saturated carbocycles. The van der Waals surface area contributed by atoms with Crippen LogP contribution in [0.15, 0.2) is 48.8 Å². The van der Waals surface area contributed by atoms with Gasteiger partial charge in [0.05, 0.1) is 123 Å². The third-order valence-electron chi connectivity index (χ3n) is 8.04. The topological polar surface area (TPSA) is 245 Å². The molecule has 4 rings (SSSR count). The Morgan fingerprint density at radius 1 is 0.661 bits per heavy atom. The number of phenolic OH excluding ortho intramolecular Hbond substituents is 1. The molecule has 18 nitrogen and oxygen atoms in total. The lowest BCUT2D eigenvalue weighted by molar-refractivity contribution is -0.122. The number of phenols is 1. The number of ether oxygens (including phenoxy) is 8. The number of nitrogens with zero attached hydrogens (tertiary/aromatic N) is 4. The second kappa shape index (κ2) is 26.4. The molecule has 2 heterocycles. The summed E-state index contributed by atoms with van der Waals surface area (Å²) in [6.45, 7) is 8.86. The summed E-state index contributed by atoms with van der Waals surface area (Å²) in [5, 5.41) is 18.1. The van der Waals surface area contributed by atoms with E-state index in [0.717, 1.165) is 11.1 Å². The first-order valence-electron chi connectivity index (χ1n) is 18.7. The summed E-state index contributed by atoms with van der Waals surface area (Å²) in [5.74, 6) is 0.180. The van der Waals surface area contributed by atoms with Gasteiger partial charge in [-0.25, -0.2) is 14.6 Å². The van der Waals surface area contributed by atoms with Gasteiger partial charge in [0.2, 0.25) is 5.91 Å². The fraction of sp³-hybridized carbons (Fsp3) is 0.526. The van der Waals surface area contributed by atoms with Crippen molar-refractivity contribution < 1.29 is 47.8 Å². The van der Waals surface area contributed by atoms with Gasteiger partial charge in [-0.05, 0) is 29.3 Å². The van der Waals surface area contributed by atoms with Crippen LogP contribution in [-0.2, 0) is 55.8 Å². The first-order valence-corrected chi connectivity index (χ1v) is 18.7. The van der Waals surface area contributed by atoms with Gasteiger partial charge in [0.25, 0.3) is 0 Å². The van der Waals surface area contributed by atoms with Crippen molar-refractivity contribution in [2.45, 2.75) is 19.5 Å². The van der Waals surface area contributed by atoms with Crippen LogP contribution in [0, 0.1) is 0 Å². The first kappa shape index (κ1) is 44.2. The molecule has 308 valence electrons. The van der Waals surface area contributed by atoms with Gasteiger partial charge in [0.1, 0.15) is 23.6 Å². The average Bonchev–Trinajstić information content (AvgIpc) is 3.57. The Hall–Kier alpha value is -4.50. The largest absolute Gasteiger partial charge is 0.506 e. The maximum Gasteiger partial charge on any atom is 0.222 e. The van der Waals surface area contributed by atoms with Crippen molar-refractivity contribution in [2.75, 3.05) is 124 Å². The molecule has 0 bridgehead atoms. The van der Waals surface area contributed by atoms with Crippen LogP contribution in [0.25, 0.3) is 22.3 Å². The number of nitrogens with two attached hydrogens (primary N) is 3. The fourth-order valence-corrected chi connectivity index (χ4v) is 5.16. The Morgan fingerprint density at radius 3 is 1.68 bits per heavy atom. The monoisotopic (exact) mass is 784 g/mol. The van der Waals surface area contributed by atoms with Crippen molar-refractivity contribution in [3.8, 4) is 17.0 Å². The second-order valence-corrected chi connectivity index (χ2v) is 12.3. The normalized spacial score (nSPS) is 11.4. The summed E-state index contributed by atoms with van der Waals surface area (Å²) in [7, 11) is 0. The number of nitrogens with one attached hydrogen (secondary N) is 1. The van der Waals surface area contributed by atoms with Crippen molar-refractivity contribution in [2.24, 2.45) is 5.73 Å². The number of hydrogen-bond donors (Lipinski definition) is 5. The Labute approximate surface area is 326 Å². The molecule has 18 heteroatoms. The van der Waals surface area contributed by atoms with Gasteiger partial charge in [0.15, 0.2) is 5.65 Å². The number of amides is 1. The van der Waals surface area contributed by atoms with E-state index in [0.29, 0.717) is 153 Å². The lowest BCUT2D eigenvalue weighted by Crippen LogP contribution is -2.24. The molecule has 0 saturated heterocycles. The third-order valence-corrected chi connectivity index (χ3v) is 8.04. The predicted octanol–water partition coefficient (Wildman–Crippen LogP) is 1.51. The quantitative estimate of drug-likeness (QED) is 0.0276. The molecule has 0 aliphatic heterocycles. The van der Waals surface area contributed by atoms with E-state index in [2.05, 4.69) is 15.3 Å². The summed E-state index contributed by atoms with van der Waals surface area (Å²) >= 11 is 0. The minimum absolute atomic E-state index is 0.0115. The van der Waals surface area contributed by atoms with Crippen LogP contribution in [0.1, 0.15) is 17.5 Å². The number of aromatic nitrogens is 4. The van der Waals surface area contributed by atoms with Crippen LogP contribution in [-0.4, -0.2) is 143 Å². The van der Waals surface area contributed by atoms with Crippen LogP contribution in [0.4, 0.5) is 11.5 Å². The first-order chi connectivity index (χ1) is 27.5. The van der Waals surface area contributed by atoms with Crippen molar-refractivity contribution >= 4 is 28.4 Å². The van der Waals surface area contributed by atoms with Crippen LogP contribution < -0.4 is 22.5 Å². The Bertz CT molecular complexity index is 1700. The van der Waals surface area contributed by atoms with Gasteiger partial charge in [-0.2, -0.15) is 5.10 Å². The van der Waals surface area contributed by atoms with E-state index >= 15 is 0 Å². The van der Waals surface area contributed by atoms with E-state index in [9.17, 15) is 9.90 Å². The van der Waals surface area contributed by atoms with Gasteiger partial charge in [-0.15, -0.1) is 0 Å². The molecule has 0 radical (unpaired) electrons. The Morgan fingerprint density at radius 2 is 1.16 bits per heavy atom. The Balaban J connectivity index is 0.958. The number of fused-ring (bicyclic) bond motifs is 1. The number of nitrogen functional groups attached to an aromatic ring is 2. The molecule has 8 N–H and O–H groups in total. The number of anilines is 2. The van der Waals surface area contributed by atoms with Crippen LogP contribution in [0.5, 0.6) is 5.75 Å². The standard InChI is InChI=1S/C38H56N8O10/c39-8-10-50-12-14-52-16-18-54-20-22-56-24-23-55-21-19-53-17-15-51-13-11-49-9-7-34(48)42-26-29-1-3-30(4-2-29)27-46-38-35(37(41)43-28-44-38)36(45-46)31-5-6-33(47)32(40)25-31/h1-6,25,28,47H,7-24,26-27,39-40H2,(H,42,48)(H2,41,43,44). The number of aromatic hydroxyl groups is 1. The zero-order chi connectivity index (χ0) is 39.6. The highest BCUT2D eigenvalue weighted by Gasteiger charge is 2.18. The molecule has 0 aliphatic rings. The minimum Gasteiger partial charge on any atom is -0.506 e. The van der Waals surface area contributed by atoms with Gasteiger partial charge in [0, 0.05) is 25.1 Å². The number of benzene rings is 2. The zero-order valence-corrected chi connectivity index (χ0v) is 31.9. The zero-order valence-electron chi connectivity index (χ0n) is 31.9. The smallest absolute Gasteiger partial charge is 0.222 e. The highest BCUT2D eigenvalue weighted by Crippen LogP contribution is 2.33. The summed E-state index contributed by atoms with van der Waals surface area (Å²) in [4.78, 5) is 20.9. The summed E-state index contributed by atoms with van der Waals surface area (Å²) in [6.07, 6.45) is 1.64. The summed E-state index contributed by atoms with van der Waals surface area (Å²) in [5.41, 5.74) is 21.5. The molecule has 0 spiro atoms. The SMILES string of the molecule is NCCOCCOCCOCCOCCOCCOCCOCCOCCC(=O)NCc1ccc(Cn2nc(-c3ccc(O)c(N)c3)c3c(N)ncnc32)cc1. The van der Waals surface area contributed by atoms with E-state index in [-0.39, 0.29) is 23.8 Å². The van der Waals surface area contributed by atoms with Crippen LogP contribution >= 0.6 is 0 Å². The van der Waals surface area contributed by atoms with Gasteiger partial charge >= 0.3 is 0 Å².